The van der Waals surface area contributed by atoms with E-state index < -0.39 is 10.0 Å². The van der Waals surface area contributed by atoms with Gasteiger partial charge in [0.05, 0.1) is 5.75 Å². The third-order valence-corrected chi connectivity index (χ3v) is 5.08. The number of aryl methyl sites for hydroxylation is 1. The molecule has 0 bridgehead atoms. The number of anilines is 1. The van der Waals surface area contributed by atoms with Gasteiger partial charge in [0.25, 0.3) is 0 Å². The summed E-state index contributed by atoms with van der Waals surface area (Å²) >= 11 is 1.56. The number of nitrogen functional groups attached to an aromatic ring is 1. The number of benzene rings is 1. The summed E-state index contributed by atoms with van der Waals surface area (Å²) in [5.41, 5.74) is 8.03. The van der Waals surface area contributed by atoms with Crippen LogP contribution in [0.15, 0.2) is 35.7 Å². The molecule has 0 aliphatic rings. The van der Waals surface area contributed by atoms with Gasteiger partial charge in [0.1, 0.15) is 0 Å². The fourth-order valence-corrected chi connectivity index (χ4v) is 3.68. The lowest BCUT2D eigenvalue weighted by Crippen LogP contribution is -2.24. The molecule has 1 aromatic heterocycles. The first-order valence-corrected chi connectivity index (χ1v) is 8.34. The first-order valence-electron chi connectivity index (χ1n) is 5.81. The molecule has 1 heterocycles. The van der Waals surface area contributed by atoms with E-state index in [0.29, 0.717) is 12.2 Å². The molecule has 0 spiro atoms. The van der Waals surface area contributed by atoms with Crippen molar-refractivity contribution >= 4 is 27.0 Å². The van der Waals surface area contributed by atoms with Crippen LogP contribution in [0.1, 0.15) is 16.0 Å². The van der Waals surface area contributed by atoms with Gasteiger partial charge in [-0.3, -0.25) is 0 Å². The Morgan fingerprint density at radius 3 is 2.47 bits per heavy atom. The van der Waals surface area contributed by atoms with Crippen molar-refractivity contribution in [2.75, 3.05) is 5.73 Å². The third-order valence-electron chi connectivity index (χ3n) is 2.76. The van der Waals surface area contributed by atoms with E-state index in [2.05, 4.69) is 4.72 Å². The highest BCUT2D eigenvalue weighted by atomic mass is 32.2. The summed E-state index contributed by atoms with van der Waals surface area (Å²) in [4.78, 5) is 1.04. The van der Waals surface area contributed by atoms with Gasteiger partial charge >= 0.3 is 0 Å². The average Bonchev–Trinajstić information content (AvgIpc) is 2.75. The number of nitrogens with one attached hydrogen (secondary N) is 1. The quantitative estimate of drug-likeness (QED) is 0.831. The monoisotopic (exact) mass is 296 g/mol. The highest BCUT2D eigenvalue weighted by Gasteiger charge is 2.12. The van der Waals surface area contributed by atoms with Crippen LogP contribution < -0.4 is 10.5 Å². The van der Waals surface area contributed by atoms with E-state index >= 15 is 0 Å². The van der Waals surface area contributed by atoms with E-state index in [4.69, 9.17) is 5.73 Å². The van der Waals surface area contributed by atoms with Crippen molar-refractivity contribution in [1.29, 1.82) is 0 Å². The van der Waals surface area contributed by atoms with Gasteiger partial charge < -0.3 is 5.73 Å². The molecule has 1 aromatic carbocycles. The summed E-state index contributed by atoms with van der Waals surface area (Å²) in [7, 11) is -3.32. The molecule has 0 amide bonds. The van der Waals surface area contributed by atoms with E-state index in [1.165, 1.54) is 0 Å². The molecule has 0 fully saturated rings. The SMILES string of the molecule is Cc1ccsc1CNS(=O)(=O)Cc1ccc(N)cc1. The van der Waals surface area contributed by atoms with Gasteiger partial charge in [-0.15, -0.1) is 11.3 Å². The topological polar surface area (TPSA) is 72.2 Å². The highest BCUT2D eigenvalue weighted by molar-refractivity contribution is 7.88. The zero-order valence-corrected chi connectivity index (χ0v) is 12.2. The smallest absolute Gasteiger partial charge is 0.216 e. The normalized spacial score (nSPS) is 11.6. The maximum absolute atomic E-state index is 12.0. The van der Waals surface area contributed by atoms with Crippen molar-refractivity contribution in [2.24, 2.45) is 0 Å². The molecule has 0 saturated carbocycles. The maximum atomic E-state index is 12.0. The highest BCUT2D eigenvalue weighted by Crippen LogP contribution is 2.16. The van der Waals surface area contributed by atoms with Crippen LogP contribution in [-0.2, 0) is 22.3 Å². The van der Waals surface area contributed by atoms with Gasteiger partial charge in [0.15, 0.2) is 0 Å². The Morgan fingerprint density at radius 2 is 1.89 bits per heavy atom. The van der Waals surface area contributed by atoms with E-state index in [1.807, 2.05) is 18.4 Å². The number of thiophene rings is 1. The lowest BCUT2D eigenvalue weighted by molar-refractivity contribution is 0.581. The van der Waals surface area contributed by atoms with Crippen LogP contribution in [0.4, 0.5) is 5.69 Å². The number of rotatable bonds is 5. The molecular formula is C13H16N2O2S2. The van der Waals surface area contributed by atoms with Crippen LogP contribution in [-0.4, -0.2) is 8.42 Å². The largest absolute Gasteiger partial charge is 0.399 e. The summed E-state index contributed by atoms with van der Waals surface area (Å²) in [5, 5.41) is 1.96. The molecule has 0 radical (unpaired) electrons. The molecule has 0 aliphatic carbocycles. The Balaban J connectivity index is 1.99. The van der Waals surface area contributed by atoms with Crippen LogP contribution in [0.3, 0.4) is 0 Å². The maximum Gasteiger partial charge on any atom is 0.216 e. The van der Waals surface area contributed by atoms with Crippen molar-refractivity contribution in [3.63, 3.8) is 0 Å². The van der Waals surface area contributed by atoms with Gasteiger partial charge in [0, 0.05) is 17.1 Å². The second-order valence-corrected chi connectivity index (χ2v) is 7.16. The zero-order chi connectivity index (χ0) is 13.9. The predicted octanol–water partition coefficient (Wildman–Crippen LogP) is 2.26. The minimum absolute atomic E-state index is 0.0301. The molecule has 19 heavy (non-hydrogen) atoms. The Bertz CT molecular complexity index is 646. The third kappa shape index (κ3) is 4.05. The Labute approximate surface area is 117 Å². The lowest BCUT2D eigenvalue weighted by Gasteiger charge is -2.06. The predicted molar refractivity (Wildman–Crippen MR) is 79.4 cm³/mol. The average molecular weight is 296 g/mol. The number of hydrogen-bond acceptors (Lipinski definition) is 4. The summed E-state index contributed by atoms with van der Waals surface area (Å²) < 4.78 is 26.5. The Hall–Kier alpha value is -1.37. The molecule has 6 heteroatoms. The van der Waals surface area contributed by atoms with Crippen LogP contribution in [0.5, 0.6) is 0 Å². The van der Waals surface area contributed by atoms with Crippen molar-refractivity contribution in [2.45, 2.75) is 19.2 Å². The number of hydrogen-bond donors (Lipinski definition) is 2. The van der Waals surface area contributed by atoms with Crippen LogP contribution in [0.2, 0.25) is 0 Å². The van der Waals surface area contributed by atoms with E-state index in [-0.39, 0.29) is 5.75 Å². The first kappa shape index (κ1) is 14.0. The minimum atomic E-state index is -3.32. The summed E-state index contributed by atoms with van der Waals surface area (Å²) in [5.74, 6) is -0.0301. The van der Waals surface area contributed by atoms with Crippen LogP contribution in [0.25, 0.3) is 0 Å². The Kier molecular flexibility index (Phi) is 4.24. The molecular weight excluding hydrogens is 280 g/mol. The fourth-order valence-electron chi connectivity index (χ4n) is 1.65. The first-order chi connectivity index (χ1) is 8.96. The second-order valence-electron chi connectivity index (χ2n) is 4.35. The Morgan fingerprint density at radius 1 is 1.21 bits per heavy atom. The van der Waals surface area contributed by atoms with Crippen molar-refractivity contribution in [1.82, 2.24) is 4.72 Å². The van der Waals surface area contributed by atoms with E-state index in [0.717, 1.165) is 16.0 Å². The van der Waals surface area contributed by atoms with Crippen LogP contribution >= 0.6 is 11.3 Å². The number of sulfonamides is 1. The van der Waals surface area contributed by atoms with Gasteiger partial charge in [-0.25, -0.2) is 13.1 Å². The minimum Gasteiger partial charge on any atom is -0.399 e. The number of nitrogens with two attached hydrogens (primary N) is 1. The molecule has 0 saturated heterocycles. The van der Waals surface area contributed by atoms with Gasteiger partial charge in [0.2, 0.25) is 10.0 Å². The molecule has 2 aromatic rings. The summed E-state index contributed by atoms with van der Waals surface area (Å²) in [6.07, 6.45) is 0. The van der Waals surface area contributed by atoms with Crippen molar-refractivity contribution in [3.05, 3.63) is 51.7 Å². The molecule has 0 atom stereocenters. The summed E-state index contributed by atoms with van der Waals surface area (Å²) in [6, 6.07) is 8.84. The fraction of sp³-hybridized carbons (Fsp3) is 0.231. The summed E-state index contributed by atoms with van der Waals surface area (Å²) in [6.45, 7) is 2.32. The van der Waals surface area contributed by atoms with Crippen LogP contribution in [0, 0.1) is 6.92 Å². The van der Waals surface area contributed by atoms with E-state index in [1.54, 1.807) is 35.6 Å². The lowest BCUT2D eigenvalue weighted by atomic mass is 10.2. The van der Waals surface area contributed by atoms with E-state index in [9.17, 15) is 8.42 Å². The van der Waals surface area contributed by atoms with Gasteiger partial charge in [-0.1, -0.05) is 12.1 Å². The standard InChI is InChI=1S/C13H16N2O2S2/c1-10-6-7-18-13(10)8-15-19(16,17)9-11-2-4-12(14)5-3-11/h2-7,15H,8-9,14H2,1H3. The van der Waals surface area contributed by atoms with Gasteiger partial charge in [-0.2, -0.15) is 0 Å². The molecule has 0 aliphatic heterocycles. The molecule has 102 valence electrons. The van der Waals surface area contributed by atoms with Crippen molar-refractivity contribution in [3.8, 4) is 0 Å². The molecule has 0 unspecified atom stereocenters. The molecule has 4 nitrogen and oxygen atoms in total. The molecule has 3 N–H and O–H groups in total. The van der Waals surface area contributed by atoms with Crippen molar-refractivity contribution < 1.29 is 8.42 Å². The molecule has 2 rings (SSSR count). The van der Waals surface area contributed by atoms with Gasteiger partial charge in [-0.05, 0) is 41.6 Å². The second kappa shape index (κ2) is 5.73. The zero-order valence-electron chi connectivity index (χ0n) is 10.6.